The van der Waals surface area contributed by atoms with Gasteiger partial charge in [0.25, 0.3) is 0 Å². The smallest absolute Gasteiger partial charge is 0.244 e. The van der Waals surface area contributed by atoms with E-state index in [2.05, 4.69) is 10.3 Å². The number of rotatable bonds is 7. The minimum atomic E-state index is -0.240. The van der Waals surface area contributed by atoms with Gasteiger partial charge in [-0.05, 0) is 18.6 Å². The molecule has 0 saturated carbocycles. The van der Waals surface area contributed by atoms with E-state index in [0.29, 0.717) is 25.3 Å². The van der Waals surface area contributed by atoms with Crippen molar-refractivity contribution in [1.29, 1.82) is 0 Å². The summed E-state index contributed by atoms with van der Waals surface area (Å²) in [6, 6.07) is 9.38. The molecule has 0 atom stereocenters. The Morgan fingerprint density at radius 2 is 2.04 bits per heavy atom. The van der Waals surface area contributed by atoms with Gasteiger partial charge in [-0.15, -0.1) is 0 Å². The SMILES string of the molecule is COCCCN(CC(=O)Nc1cccc2cccnc12)C(C)=O. The van der Waals surface area contributed by atoms with Crippen LogP contribution in [0.15, 0.2) is 36.5 Å². The van der Waals surface area contributed by atoms with Gasteiger partial charge >= 0.3 is 0 Å². The monoisotopic (exact) mass is 315 g/mol. The van der Waals surface area contributed by atoms with E-state index in [1.165, 1.54) is 11.8 Å². The summed E-state index contributed by atoms with van der Waals surface area (Å²) in [5.74, 6) is -0.372. The number of fused-ring (bicyclic) bond motifs is 1. The van der Waals surface area contributed by atoms with E-state index in [0.717, 1.165) is 10.9 Å². The van der Waals surface area contributed by atoms with E-state index in [4.69, 9.17) is 4.74 Å². The van der Waals surface area contributed by atoms with Gasteiger partial charge in [-0.25, -0.2) is 0 Å². The molecule has 1 aromatic carbocycles. The highest BCUT2D eigenvalue weighted by Crippen LogP contribution is 2.20. The fourth-order valence-electron chi connectivity index (χ4n) is 2.32. The average Bonchev–Trinajstić information content (AvgIpc) is 2.54. The maximum absolute atomic E-state index is 12.2. The summed E-state index contributed by atoms with van der Waals surface area (Å²) < 4.78 is 4.97. The van der Waals surface area contributed by atoms with Crippen LogP contribution < -0.4 is 5.32 Å². The molecule has 0 aliphatic carbocycles. The molecular weight excluding hydrogens is 294 g/mol. The topological polar surface area (TPSA) is 71.5 Å². The largest absolute Gasteiger partial charge is 0.385 e. The second-order valence-electron chi connectivity index (χ2n) is 5.22. The van der Waals surface area contributed by atoms with Gasteiger partial charge in [-0.1, -0.05) is 18.2 Å². The number of anilines is 1. The molecule has 1 heterocycles. The number of methoxy groups -OCH3 is 1. The van der Waals surface area contributed by atoms with Crippen LogP contribution in [0.4, 0.5) is 5.69 Å². The van der Waals surface area contributed by atoms with Crippen LogP contribution >= 0.6 is 0 Å². The molecule has 2 aromatic rings. The van der Waals surface area contributed by atoms with Gasteiger partial charge in [0.2, 0.25) is 11.8 Å². The Balaban J connectivity index is 2.03. The van der Waals surface area contributed by atoms with E-state index >= 15 is 0 Å². The summed E-state index contributed by atoms with van der Waals surface area (Å²) in [5, 5.41) is 3.79. The number of aromatic nitrogens is 1. The third kappa shape index (κ3) is 4.75. The Kier molecular flexibility index (Phi) is 6.05. The predicted molar refractivity (Wildman–Crippen MR) is 89.1 cm³/mol. The molecule has 1 aromatic heterocycles. The summed E-state index contributed by atoms with van der Waals surface area (Å²) >= 11 is 0. The van der Waals surface area contributed by atoms with Gasteiger partial charge in [0.05, 0.1) is 17.7 Å². The van der Waals surface area contributed by atoms with Gasteiger partial charge in [0.1, 0.15) is 0 Å². The quantitative estimate of drug-likeness (QED) is 0.794. The van der Waals surface area contributed by atoms with Crippen LogP contribution in [0.3, 0.4) is 0 Å². The van der Waals surface area contributed by atoms with Gasteiger partial charge in [-0.2, -0.15) is 0 Å². The maximum atomic E-state index is 12.2. The Morgan fingerprint density at radius 3 is 2.78 bits per heavy atom. The van der Waals surface area contributed by atoms with Crippen LogP contribution in [0.1, 0.15) is 13.3 Å². The third-order valence-corrected chi connectivity index (χ3v) is 3.46. The fraction of sp³-hybridized carbons (Fsp3) is 0.353. The molecule has 2 rings (SSSR count). The number of nitrogens with zero attached hydrogens (tertiary/aromatic N) is 2. The Bertz CT molecular complexity index is 682. The molecule has 6 nitrogen and oxygen atoms in total. The second-order valence-corrected chi connectivity index (χ2v) is 5.22. The molecule has 0 saturated heterocycles. The minimum Gasteiger partial charge on any atom is -0.385 e. The lowest BCUT2D eigenvalue weighted by Crippen LogP contribution is -2.37. The molecule has 0 unspecified atom stereocenters. The van der Waals surface area contributed by atoms with E-state index < -0.39 is 0 Å². The van der Waals surface area contributed by atoms with Crippen LogP contribution in [0.5, 0.6) is 0 Å². The first-order valence-electron chi connectivity index (χ1n) is 7.50. The van der Waals surface area contributed by atoms with E-state index in [-0.39, 0.29) is 18.4 Å². The molecule has 23 heavy (non-hydrogen) atoms. The van der Waals surface area contributed by atoms with Crippen LogP contribution in [0.25, 0.3) is 10.9 Å². The third-order valence-electron chi connectivity index (χ3n) is 3.46. The Labute approximate surface area is 135 Å². The van der Waals surface area contributed by atoms with Crippen molar-refractivity contribution in [1.82, 2.24) is 9.88 Å². The first-order valence-corrected chi connectivity index (χ1v) is 7.50. The average molecular weight is 315 g/mol. The molecule has 0 radical (unpaired) electrons. The fourth-order valence-corrected chi connectivity index (χ4v) is 2.32. The van der Waals surface area contributed by atoms with Crippen molar-refractivity contribution < 1.29 is 14.3 Å². The van der Waals surface area contributed by atoms with Crippen molar-refractivity contribution in [3.05, 3.63) is 36.5 Å². The number of para-hydroxylation sites is 1. The van der Waals surface area contributed by atoms with Crippen molar-refractivity contribution in [3.63, 3.8) is 0 Å². The minimum absolute atomic E-state index is 0.0161. The molecule has 1 N–H and O–H groups in total. The molecule has 6 heteroatoms. The predicted octanol–water partition coefficient (Wildman–Crippen LogP) is 2.06. The Hall–Kier alpha value is -2.47. The number of amides is 2. The number of hydrogen-bond donors (Lipinski definition) is 1. The van der Waals surface area contributed by atoms with Crippen molar-refractivity contribution in [3.8, 4) is 0 Å². The first kappa shape index (κ1) is 16.9. The number of hydrogen-bond acceptors (Lipinski definition) is 4. The van der Waals surface area contributed by atoms with Gasteiger partial charge in [0.15, 0.2) is 0 Å². The number of nitrogens with one attached hydrogen (secondary N) is 1. The number of pyridine rings is 1. The lowest BCUT2D eigenvalue weighted by molar-refractivity contribution is -0.132. The zero-order valence-corrected chi connectivity index (χ0v) is 13.4. The van der Waals surface area contributed by atoms with Crippen molar-refractivity contribution in [2.75, 3.05) is 32.1 Å². The van der Waals surface area contributed by atoms with E-state index in [9.17, 15) is 9.59 Å². The maximum Gasteiger partial charge on any atom is 0.244 e. The summed E-state index contributed by atoms with van der Waals surface area (Å²) in [4.78, 5) is 29.7. The molecule has 122 valence electrons. The number of carbonyl (C=O) groups is 2. The number of carbonyl (C=O) groups excluding carboxylic acids is 2. The number of ether oxygens (including phenoxy) is 1. The molecule has 0 bridgehead atoms. The van der Waals surface area contributed by atoms with Gasteiger partial charge in [0, 0.05) is 38.8 Å². The van der Waals surface area contributed by atoms with Crippen LogP contribution in [0, 0.1) is 0 Å². The second kappa shape index (κ2) is 8.24. The highest BCUT2D eigenvalue weighted by atomic mass is 16.5. The lowest BCUT2D eigenvalue weighted by Gasteiger charge is -2.20. The van der Waals surface area contributed by atoms with Crippen molar-refractivity contribution in [2.45, 2.75) is 13.3 Å². The highest BCUT2D eigenvalue weighted by Gasteiger charge is 2.14. The summed E-state index contributed by atoms with van der Waals surface area (Å²) in [7, 11) is 1.61. The first-order chi connectivity index (χ1) is 11.1. The van der Waals surface area contributed by atoms with Crippen molar-refractivity contribution >= 4 is 28.4 Å². The van der Waals surface area contributed by atoms with Gasteiger partial charge in [-0.3, -0.25) is 14.6 Å². The van der Waals surface area contributed by atoms with Crippen LogP contribution in [-0.2, 0) is 14.3 Å². The number of benzene rings is 1. The lowest BCUT2D eigenvalue weighted by atomic mass is 10.2. The van der Waals surface area contributed by atoms with E-state index in [1.54, 1.807) is 19.4 Å². The summed E-state index contributed by atoms with van der Waals surface area (Å²) in [6.07, 6.45) is 2.38. The molecule has 0 aliphatic heterocycles. The summed E-state index contributed by atoms with van der Waals surface area (Å²) in [6.45, 7) is 2.52. The molecule has 0 aliphatic rings. The van der Waals surface area contributed by atoms with E-state index in [1.807, 2.05) is 24.3 Å². The summed E-state index contributed by atoms with van der Waals surface area (Å²) in [5.41, 5.74) is 1.38. The van der Waals surface area contributed by atoms with Crippen LogP contribution in [-0.4, -0.2) is 48.5 Å². The molecular formula is C17H21N3O3. The molecule has 0 spiro atoms. The zero-order chi connectivity index (χ0) is 16.7. The molecule has 0 fully saturated rings. The van der Waals surface area contributed by atoms with Crippen LogP contribution in [0.2, 0.25) is 0 Å². The Morgan fingerprint density at radius 1 is 1.26 bits per heavy atom. The normalized spacial score (nSPS) is 10.5. The zero-order valence-electron chi connectivity index (χ0n) is 13.4. The standard InChI is InChI=1S/C17H21N3O3/c1-13(21)20(10-5-11-23-2)12-16(22)19-15-8-3-6-14-7-4-9-18-17(14)15/h3-4,6-9H,5,10-12H2,1-2H3,(H,19,22). The van der Waals surface area contributed by atoms with Gasteiger partial charge < -0.3 is 15.0 Å². The van der Waals surface area contributed by atoms with Crippen molar-refractivity contribution in [2.24, 2.45) is 0 Å². The molecule has 2 amide bonds. The highest BCUT2D eigenvalue weighted by molar-refractivity contribution is 6.01.